The minimum atomic E-state index is -0.311. The van der Waals surface area contributed by atoms with Crippen molar-refractivity contribution < 1.29 is 9.59 Å². The Morgan fingerprint density at radius 2 is 2.20 bits per heavy atom. The van der Waals surface area contributed by atoms with E-state index >= 15 is 0 Å². The number of aromatic nitrogens is 2. The Kier molecular flexibility index (Phi) is 4.52. The van der Waals surface area contributed by atoms with E-state index in [9.17, 15) is 9.59 Å². The van der Waals surface area contributed by atoms with Crippen molar-refractivity contribution in [1.29, 1.82) is 0 Å². The Hall–Kier alpha value is -2.15. The Bertz CT molecular complexity index is 617. The summed E-state index contributed by atoms with van der Waals surface area (Å²) < 4.78 is 0. The quantitative estimate of drug-likeness (QED) is 0.776. The molecule has 2 heterocycles. The van der Waals surface area contributed by atoms with Gasteiger partial charge in [0.15, 0.2) is 0 Å². The maximum atomic E-state index is 11.9. The molecule has 0 aromatic carbocycles. The molecule has 0 saturated carbocycles. The van der Waals surface area contributed by atoms with Crippen molar-refractivity contribution in [3.8, 4) is 11.3 Å². The van der Waals surface area contributed by atoms with E-state index in [4.69, 9.17) is 0 Å². The van der Waals surface area contributed by atoms with E-state index in [2.05, 4.69) is 20.6 Å². The van der Waals surface area contributed by atoms with Crippen LogP contribution in [-0.2, 0) is 4.79 Å². The molecule has 106 valence electrons. The molecule has 20 heavy (non-hydrogen) atoms. The highest BCUT2D eigenvalue weighted by molar-refractivity contribution is 7.09. The first-order chi connectivity index (χ1) is 9.60. The highest BCUT2D eigenvalue weighted by Crippen LogP contribution is 2.22. The lowest BCUT2D eigenvalue weighted by molar-refractivity contribution is -0.120. The normalized spacial score (nSPS) is 10.3. The molecule has 2 rings (SSSR count). The van der Waals surface area contributed by atoms with E-state index < -0.39 is 0 Å². The van der Waals surface area contributed by atoms with Gasteiger partial charge in [0.05, 0.1) is 17.2 Å². The first-order valence-electron chi connectivity index (χ1n) is 6.26. The maximum absolute atomic E-state index is 11.9. The Morgan fingerprint density at radius 3 is 2.85 bits per heavy atom. The molecule has 3 N–H and O–H groups in total. The standard InChI is InChI=1S/C13H16N4O2S/c1-3-14-12(18)6-16-13(19)10-4-9(5-15-10)11-7-20-8(2)17-11/h4-5,7,15H,3,6H2,1-2H3,(H,14,18)(H,16,19). The van der Waals surface area contributed by atoms with Crippen LogP contribution >= 0.6 is 11.3 Å². The topological polar surface area (TPSA) is 86.9 Å². The predicted octanol–water partition coefficient (Wildman–Crippen LogP) is 1.31. The number of thiazole rings is 1. The number of amides is 2. The zero-order valence-corrected chi connectivity index (χ0v) is 12.1. The minimum absolute atomic E-state index is 0.0309. The zero-order chi connectivity index (χ0) is 14.5. The fourth-order valence-corrected chi connectivity index (χ4v) is 2.31. The van der Waals surface area contributed by atoms with Crippen molar-refractivity contribution in [2.45, 2.75) is 13.8 Å². The minimum Gasteiger partial charge on any atom is -0.357 e. The summed E-state index contributed by atoms with van der Waals surface area (Å²) in [6, 6.07) is 1.72. The van der Waals surface area contributed by atoms with E-state index in [1.807, 2.05) is 19.2 Å². The first kappa shape index (κ1) is 14.3. The summed E-state index contributed by atoms with van der Waals surface area (Å²) in [5.74, 6) is -0.516. The summed E-state index contributed by atoms with van der Waals surface area (Å²) in [5.41, 5.74) is 2.11. The van der Waals surface area contributed by atoms with E-state index in [1.165, 1.54) is 0 Å². The fraction of sp³-hybridized carbons (Fsp3) is 0.308. The number of hydrogen-bond acceptors (Lipinski definition) is 4. The molecule has 2 amide bonds. The molecule has 2 aromatic heterocycles. The summed E-state index contributed by atoms with van der Waals surface area (Å²) in [6.07, 6.45) is 1.73. The molecule has 0 fully saturated rings. The molecule has 6 nitrogen and oxygen atoms in total. The maximum Gasteiger partial charge on any atom is 0.268 e. The molecule has 0 bridgehead atoms. The van der Waals surface area contributed by atoms with Crippen LogP contribution in [0.15, 0.2) is 17.6 Å². The third kappa shape index (κ3) is 3.45. The van der Waals surface area contributed by atoms with Gasteiger partial charge >= 0.3 is 0 Å². The number of H-pyrrole nitrogens is 1. The van der Waals surface area contributed by atoms with Crippen LogP contribution in [0, 0.1) is 6.92 Å². The molecule has 0 aliphatic heterocycles. The van der Waals surface area contributed by atoms with Crippen LogP contribution in [-0.4, -0.2) is 34.9 Å². The van der Waals surface area contributed by atoms with Gasteiger partial charge in [-0.2, -0.15) is 0 Å². The highest BCUT2D eigenvalue weighted by atomic mass is 32.1. The third-order valence-electron chi connectivity index (χ3n) is 2.63. The molecule has 0 atom stereocenters. The monoisotopic (exact) mass is 292 g/mol. The number of aromatic amines is 1. The van der Waals surface area contributed by atoms with Gasteiger partial charge in [-0.3, -0.25) is 9.59 Å². The summed E-state index contributed by atoms with van der Waals surface area (Å²) in [6.45, 7) is 4.27. The number of carbonyl (C=O) groups excluding carboxylic acids is 2. The zero-order valence-electron chi connectivity index (χ0n) is 11.3. The number of rotatable bonds is 5. The largest absolute Gasteiger partial charge is 0.357 e. The van der Waals surface area contributed by atoms with Crippen molar-refractivity contribution in [3.05, 3.63) is 28.3 Å². The van der Waals surface area contributed by atoms with Crippen molar-refractivity contribution in [3.63, 3.8) is 0 Å². The molecule has 2 aromatic rings. The van der Waals surface area contributed by atoms with Crippen LogP contribution in [0.2, 0.25) is 0 Å². The molecule has 0 spiro atoms. The predicted molar refractivity (Wildman–Crippen MR) is 77.7 cm³/mol. The van der Waals surface area contributed by atoms with Crippen molar-refractivity contribution in [2.75, 3.05) is 13.1 Å². The second-order valence-electron chi connectivity index (χ2n) is 4.19. The van der Waals surface area contributed by atoms with Gasteiger partial charge in [-0.1, -0.05) is 0 Å². The molecule has 7 heteroatoms. The van der Waals surface area contributed by atoms with Crippen LogP contribution in [0.1, 0.15) is 22.4 Å². The van der Waals surface area contributed by atoms with Gasteiger partial charge < -0.3 is 15.6 Å². The Labute approximate surface area is 120 Å². The van der Waals surface area contributed by atoms with Gasteiger partial charge in [-0.05, 0) is 19.9 Å². The second-order valence-corrected chi connectivity index (χ2v) is 5.25. The number of hydrogen-bond donors (Lipinski definition) is 3. The van der Waals surface area contributed by atoms with Crippen molar-refractivity contribution in [1.82, 2.24) is 20.6 Å². The van der Waals surface area contributed by atoms with Crippen molar-refractivity contribution >= 4 is 23.2 Å². The van der Waals surface area contributed by atoms with Crippen LogP contribution in [0.4, 0.5) is 0 Å². The highest BCUT2D eigenvalue weighted by Gasteiger charge is 2.11. The fourth-order valence-electron chi connectivity index (χ4n) is 1.68. The van der Waals surface area contributed by atoms with Crippen LogP contribution in [0.25, 0.3) is 11.3 Å². The third-order valence-corrected chi connectivity index (χ3v) is 3.40. The van der Waals surface area contributed by atoms with E-state index in [0.717, 1.165) is 16.3 Å². The molecule has 0 aliphatic carbocycles. The summed E-state index contributed by atoms with van der Waals surface area (Å²) in [4.78, 5) is 30.4. The van der Waals surface area contributed by atoms with Gasteiger partial charge in [-0.15, -0.1) is 11.3 Å². The van der Waals surface area contributed by atoms with Gasteiger partial charge in [-0.25, -0.2) is 4.98 Å². The lowest BCUT2D eigenvalue weighted by Gasteiger charge is -2.03. The molecule has 0 unspecified atom stereocenters. The van der Waals surface area contributed by atoms with Gasteiger partial charge in [0.25, 0.3) is 5.91 Å². The van der Waals surface area contributed by atoms with Crippen LogP contribution in [0.5, 0.6) is 0 Å². The number of carbonyl (C=O) groups is 2. The lowest BCUT2D eigenvalue weighted by Crippen LogP contribution is -2.36. The molecule has 0 radical (unpaired) electrons. The second kappa shape index (κ2) is 6.33. The summed E-state index contributed by atoms with van der Waals surface area (Å²) in [5, 5.41) is 8.08. The summed E-state index contributed by atoms with van der Waals surface area (Å²) >= 11 is 1.56. The Balaban J connectivity index is 1.98. The SMILES string of the molecule is CCNC(=O)CNC(=O)c1cc(-c2csc(C)n2)c[nH]1. The first-order valence-corrected chi connectivity index (χ1v) is 7.14. The number of aryl methyl sites for hydroxylation is 1. The Morgan fingerprint density at radius 1 is 1.40 bits per heavy atom. The summed E-state index contributed by atoms with van der Waals surface area (Å²) in [7, 11) is 0. The average Bonchev–Trinajstić information content (AvgIpc) is 3.04. The van der Waals surface area contributed by atoms with E-state index in [0.29, 0.717) is 12.2 Å². The molecular formula is C13H16N4O2S. The molecular weight excluding hydrogens is 276 g/mol. The van der Waals surface area contributed by atoms with E-state index in [-0.39, 0.29) is 18.4 Å². The smallest absolute Gasteiger partial charge is 0.268 e. The van der Waals surface area contributed by atoms with Gasteiger partial charge in [0, 0.05) is 23.7 Å². The van der Waals surface area contributed by atoms with Crippen LogP contribution < -0.4 is 10.6 Å². The lowest BCUT2D eigenvalue weighted by atomic mass is 10.2. The molecule has 0 saturated heterocycles. The average molecular weight is 292 g/mol. The van der Waals surface area contributed by atoms with Gasteiger partial charge in [0.1, 0.15) is 5.69 Å². The van der Waals surface area contributed by atoms with Gasteiger partial charge in [0.2, 0.25) is 5.91 Å². The number of nitrogens with zero attached hydrogens (tertiary/aromatic N) is 1. The number of nitrogens with one attached hydrogen (secondary N) is 3. The van der Waals surface area contributed by atoms with E-state index in [1.54, 1.807) is 23.6 Å². The molecule has 0 aliphatic rings. The number of likely N-dealkylation sites (N-methyl/N-ethyl adjacent to an activating group) is 1. The van der Waals surface area contributed by atoms with Crippen molar-refractivity contribution in [2.24, 2.45) is 0 Å². The van der Waals surface area contributed by atoms with Crippen LogP contribution in [0.3, 0.4) is 0 Å².